The van der Waals surface area contributed by atoms with E-state index in [0.717, 1.165) is 17.8 Å². The molecule has 0 atom stereocenters. The van der Waals surface area contributed by atoms with Crippen molar-refractivity contribution in [3.8, 4) is 12.1 Å². The van der Waals surface area contributed by atoms with Crippen molar-refractivity contribution in [3.05, 3.63) is 71.2 Å². The van der Waals surface area contributed by atoms with Crippen molar-refractivity contribution in [2.24, 2.45) is 0 Å². The van der Waals surface area contributed by atoms with E-state index in [1.807, 2.05) is 43.3 Å². The number of aliphatic hydroxyl groups is 1. The highest BCUT2D eigenvalue weighted by Gasteiger charge is 2.16. The van der Waals surface area contributed by atoms with Gasteiger partial charge in [0, 0.05) is 29.9 Å². The van der Waals surface area contributed by atoms with Crippen molar-refractivity contribution in [3.63, 3.8) is 0 Å². The zero-order valence-electron chi connectivity index (χ0n) is 15.0. The lowest BCUT2D eigenvalue weighted by Crippen LogP contribution is -2.25. The van der Waals surface area contributed by atoms with Gasteiger partial charge in [0.15, 0.2) is 0 Å². The lowest BCUT2D eigenvalue weighted by atomic mass is 10.00. The van der Waals surface area contributed by atoms with Crippen molar-refractivity contribution in [2.75, 3.05) is 24.6 Å². The summed E-state index contributed by atoms with van der Waals surface area (Å²) in [6.45, 7) is 9.38. The summed E-state index contributed by atoms with van der Waals surface area (Å²) in [5.41, 5.74) is 3.12. The van der Waals surface area contributed by atoms with Crippen LogP contribution in [-0.4, -0.2) is 24.8 Å². The molecule has 0 saturated carbocycles. The summed E-state index contributed by atoms with van der Waals surface area (Å²) in [5, 5.41) is 27.3. The van der Waals surface area contributed by atoms with Gasteiger partial charge in [-0.1, -0.05) is 18.7 Å². The van der Waals surface area contributed by atoms with Gasteiger partial charge in [0.2, 0.25) is 0 Å². The van der Waals surface area contributed by atoms with Crippen LogP contribution < -0.4 is 4.90 Å². The monoisotopic (exact) mass is 347 g/mol. The molecule has 2 rings (SSSR count). The maximum Gasteiger partial charge on any atom is 0.137 e. The minimum atomic E-state index is 0.0379. The van der Waals surface area contributed by atoms with Gasteiger partial charge in [0.25, 0.3) is 0 Å². The number of allylic oxidation sites excluding steroid dienone is 6. The summed E-state index contributed by atoms with van der Waals surface area (Å²) in [7, 11) is 0. The molecule has 132 valence electrons. The predicted octanol–water partition coefficient (Wildman–Crippen LogP) is 3.68. The number of nitriles is 2. The first kappa shape index (κ1) is 19.1. The number of hydrogen-bond acceptors (Lipinski definition) is 5. The molecule has 1 heterocycles. The summed E-state index contributed by atoms with van der Waals surface area (Å²) in [6.07, 6.45) is 3.32. The Morgan fingerprint density at radius 1 is 1.19 bits per heavy atom. The highest BCUT2D eigenvalue weighted by molar-refractivity contribution is 5.78. The molecule has 0 aromatic heterocycles. The Hall–Kier alpha value is -3.28. The van der Waals surface area contributed by atoms with Gasteiger partial charge >= 0.3 is 0 Å². The molecule has 1 aliphatic heterocycles. The molecule has 1 aromatic carbocycles. The van der Waals surface area contributed by atoms with Gasteiger partial charge in [-0.15, -0.1) is 0 Å². The van der Waals surface area contributed by atoms with E-state index in [-0.39, 0.29) is 12.2 Å². The highest BCUT2D eigenvalue weighted by Crippen LogP contribution is 2.31. The third-order valence-electron chi connectivity index (χ3n) is 4.06. The van der Waals surface area contributed by atoms with Crippen LogP contribution in [0.2, 0.25) is 0 Å². The molecular weight excluding hydrogens is 326 g/mol. The van der Waals surface area contributed by atoms with E-state index in [1.54, 1.807) is 19.1 Å². The van der Waals surface area contributed by atoms with Gasteiger partial charge in [-0.25, -0.2) is 0 Å². The average molecular weight is 347 g/mol. The average Bonchev–Trinajstić information content (AvgIpc) is 2.66. The zero-order valence-corrected chi connectivity index (χ0v) is 15.0. The smallest absolute Gasteiger partial charge is 0.137 e. The number of nitrogens with zero attached hydrogens (tertiary/aromatic N) is 3. The Bertz CT molecular complexity index is 846. The first-order valence-electron chi connectivity index (χ1n) is 8.31. The van der Waals surface area contributed by atoms with Crippen molar-refractivity contribution in [1.82, 2.24) is 0 Å². The molecule has 0 radical (unpaired) electrons. The van der Waals surface area contributed by atoms with Crippen LogP contribution in [0.25, 0.3) is 5.57 Å². The van der Waals surface area contributed by atoms with E-state index in [9.17, 15) is 0 Å². The van der Waals surface area contributed by atoms with Gasteiger partial charge in [0.1, 0.15) is 29.2 Å². The molecule has 0 bridgehead atoms. The van der Waals surface area contributed by atoms with Crippen LogP contribution in [0, 0.1) is 22.7 Å². The van der Waals surface area contributed by atoms with Gasteiger partial charge in [-0.2, -0.15) is 10.5 Å². The number of benzene rings is 1. The molecule has 0 fully saturated rings. The molecular formula is C21H21N3O2. The maximum atomic E-state index is 9.14. The summed E-state index contributed by atoms with van der Waals surface area (Å²) < 4.78 is 5.74. The highest BCUT2D eigenvalue weighted by atomic mass is 16.5. The molecule has 5 nitrogen and oxygen atoms in total. The SMILES string of the molecule is C=C(C1=CC(=C(C#N)C#N)C=C(C)O1)c1ccc(N(CC)CCO)cc1. The Balaban J connectivity index is 2.30. The summed E-state index contributed by atoms with van der Waals surface area (Å²) in [6, 6.07) is 11.6. The molecule has 5 heteroatoms. The summed E-state index contributed by atoms with van der Waals surface area (Å²) >= 11 is 0. The first-order chi connectivity index (χ1) is 12.5. The number of hydrogen-bond donors (Lipinski definition) is 1. The van der Waals surface area contributed by atoms with E-state index in [4.69, 9.17) is 20.4 Å². The molecule has 0 unspecified atom stereocenters. The van der Waals surface area contributed by atoms with Crippen LogP contribution in [0.5, 0.6) is 0 Å². The molecule has 1 aliphatic rings. The fourth-order valence-electron chi connectivity index (χ4n) is 2.69. The fourth-order valence-corrected chi connectivity index (χ4v) is 2.69. The molecule has 0 amide bonds. The van der Waals surface area contributed by atoms with Crippen LogP contribution >= 0.6 is 0 Å². The Labute approximate surface area is 154 Å². The third kappa shape index (κ3) is 4.22. The van der Waals surface area contributed by atoms with Gasteiger partial charge < -0.3 is 14.7 Å². The molecule has 26 heavy (non-hydrogen) atoms. The van der Waals surface area contributed by atoms with Crippen LogP contribution in [0.1, 0.15) is 19.4 Å². The lowest BCUT2D eigenvalue weighted by molar-refractivity contribution is 0.302. The molecule has 0 saturated heterocycles. The Morgan fingerprint density at radius 3 is 2.38 bits per heavy atom. The Kier molecular flexibility index (Phi) is 6.38. The molecule has 0 spiro atoms. The van der Waals surface area contributed by atoms with E-state index in [0.29, 0.717) is 29.2 Å². The molecule has 1 N–H and O–H groups in total. The van der Waals surface area contributed by atoms with Crippen molar-refractivity contribution in [2.45, 2.75) is 13.8 Å². The second-order valence-electron chi connectivity index (χ2n) is 5.75. The number of ether oxygens (including phenoxy) is 1. The van der Waals surface area contributed by atoms with Crippen LogP contribution in [0.15, 0.2) is 65.7 Å². The number of rotatable bonds is 6. The van der Waals surface area contributed by atoms with Gasteiger partial charge in [0.05, 0.1) is 6.61 Å². The predicted molar refractivity (Wildman–Crippen MR) is 102 cm³/mol. The maximum absolute atomic E-state index is 9.14. The van der Waals surface area contributed by atoms with E-state index in [1.165, 1.54) is 0 Å². The van der Waals surface area contributed by atoms with Crippen LogP contribution in [0.4, 0.5) is 5.69 Å². The minimum absolute atomic E-state index is 0.0379. The first-order valence-corrected chi connectivity index (χ1v) is 8.31. The van der Waals surface area contributed by atoms with Crippen LogP contribution in [0.3, 0.4) is 0 Å². The van der Waals surface area contributed by atoms with E-state index < -0.39 is 0 Å². The zero-order chi connectivity index (χ0) is 19.1. The van der Waals surface area contributed by atoms with E-state index in [2.05, 4.69) is 11.5 Å². The standard InChI is InChI=1S/C21H21N3O2/c1-4-24(9-10-25)20-7-5-17(6-8-20)16(3)21-12-18(11-15(2)26-21)19(13-22)14-23/h5-8,11-12,25H,3-4,9-10H2,1-2H3. The van der Waals surface area contributed by atoms with E-state index >= 15 is 0 Å². The lowest BCUT2D eigenvalue weighted by Gasteiger charge is -2.23. The number of likely N-dealkylation sites (N-methyl/N-ethyl adjacent to an activating group) is 1. The van der Waals surface area contributed by atoms with Crippen molar-refractivity contribution in [1.29, 1.82) is 10.5 Å². The normalized spacial score (nSPS) is 12.9. The summed E-state index contributed by atoms with van der Waals surface area (Å²) in [4.78, 5) is 2.07. The van der Waals surface area contributed by atoms with Crippen molar-refractivity contribution < 1.29 is 9.84 Å². The Morgan fingerprint density at radius 2 is 1.85 bits per heavy atom. The number of anilines is 1. The quantitative estimate of drug-likeness (QED) is 0.794. The third-order valence-corrected chi connectivity index (χ3v) is 4.06. The molecule has 1 aromatic rings. The summed E-state index contributed by atoms with van der Waals surface area (Å²) in [5.74, 6) is 1.11. The minimum Gasteiger partial charge on any atom is -0.461 e. The second-order valence-corrected chi connectivity index (χ2v) is 5.75. The van der Waals surface area contributed by atoms with Gasteiger partial charge in [-0.05, 0) is 43.7 Å². The van der Waals surface area contributed by atoms with Gasteiger partial charge in [-0.3, -0.25) is 0 Å². The van der Waals surface area contributed by atoms with Crippen molar-refractivity contribution >= 4 is 11.3 Å². The topological polar surface area (TPSA) is 80.3 Å². The second kappa shape index (κ2) is 8.71. The fraction of sp³-hybridized carbons (Fsp3) is 0.238. The van der Waals surface area contributed by atoms with Crippen LogP contribution in [-0.2, 0) is 4.74 Å². The largest absolute Gasteiger partial charge is 0.461 e. The molecule has 0 aliphatic carbocycles. The number of aliphatic hydroxyl groups excluding tert-OH is 1.